The summed E-state index contributed by atoms with van der Waals surface area (Å²) in [5.41, 5.74) is 7.95. The van der Waals surface area contributed by atoms with E-state index in [-0.39, 0.29) is 11.6 Å². The van der Waals surface area contributed by atoms with Gasteiger partial charge in [0.25, 0.3) is 0 Å². The molecule has 2 heterocycles. The van der Waals surface area contributed by atoms with Crippen LogP contribution < -0.4 is 21.6 Å². The summed E-state index contributed by atoms with van der Waals surface area (Å²) in [5, 5.41) is 10.8. The number of hydrogen-bond donors (Lipinski definition) is 3. The number of halogens is 1. The fourth-order valence-electron chi connectivity index (χ4n) is 2.90. The molecular formula is C19H16FN5OS. The highest BCUT2D eigenvalue weighted by Crippen LogP contribution is 2.35. The van der Waals surface area contributed by atoms with E-state index in [1.165, 1.54) is 13.2 Å². The van der Waals surface area contributed by atoms with Crippen molar-refractivity contribution in [3.63, 3.8) is 0 Å². The third-order valence-electron chi connectivity index (χ3n) is 4.24. The Bertz CT molecular complexity index is 1190. The van der Waals surface area contributed by atoms with Crippen LogP contribution in [-0.4, -0.2) is 17.9 Å². The third-order valence-corrected chi connectivity index (χ3v) is 5.19. The van der Waals surface area contributed by atoms with Crippen LogP contribution in [0.1, 0.15) is 5.56 Å². The van der Waals surface area contributed by atoms with Crippen LogP contribution in [0, 0.1) is 5.82 Å². The summed E-state index contributed by atoms with van der Waals surface area (Å²) >= 11 is 1.62. The Morgan fingerprint density at radius 1 is 1.19 bits per heavy atom. The first-order valence-corrected chi connectivity index (χ1v) is 8.94. The molecule has 0 amide bonds. The van der Waals surface area contributed by atoms with Gasteiger partial charge in [-0.2, -0.15) is 5.10 Å². The minimum absolute atomic E-state index is 0.163. The van der Waals surface area contributed by atoms with Gasteiger partial charge in [-0.05, 0) is 29.6 Å². The number of hydrazone groups is 1. The zero-order chi connectivity index (χ0) is 19.0. The van der Waals surface area contributed by atoms with Crippen molar-refractivity contribution in [2.24, 2.45) is 16.7 Å². The highest BCUT2D eigenvalue weighted by molar-refractivity contribution is 7.18. The number of ether oxygens (including phenoxy) is 1. The molecule has 0 radical (unpaired) electrons. The molecule has 4 rings (SSSR count). The van der Waals surface area contributed by atoms with E-state index in [9.17, 15) is 4.39 Å². The highest BCUT2D eigenvalue weighted by atomic mass is 32.1. The molecule has 4 aromatic rings. The first-order chi connectivity index (χ1) is 13.1. The van der Waals surface area contributed by atoms with Gasteiger partial charge in [-0.1, -0.05) is 12.1 Å². The molecule has 0 atom stereocenters. The summed E-state index contributed by atoms with van der Waals surface area (Å²) in [6, 6.07) is 12.2. The number of aromatic nitrogens is 1. The van der Waals surface area contributed by atoms with Crippen molar-refractivity contribution in [1.82, 2.24) is 4.98 Å². The van der Waals surface area contributed by atoms with Crippen LogP contribution in [0.15, 0.2) is 52.9 Å². The molecule has 27 heavy (non-hydrogen) atoms. The summed E-state index contributed by atoms with van der Waals surface area (Å²) < 4.78 is 19.8. The number of fused-ring (bicyclic) bond motifs is 3. The van der Waals surface area contributed by atoms with Crippen molar-refractivity contribution in [2.45, 2.75) is 0 Å². The van der Waals surface area contributed by atoms with Crippen molar-refractivity contribution in [3.8, 4) is 5.75 Å². The van der Waals surface area contributed by atoms with Gasteiger partial charge in [0, 0.05) is 32.8 Å². The Balaban J connectivity index is 1.87. The number of methoxy groups -OCH3 is 1. The number of pyridine rings is 1. The van der Waals surface area contributed by atoms with E-state index in [0.717, 1.165) is 21.0 Å². The molecule has 0 saturated heterocycles. The number of nitrogens with two attached hydrogens (primary N) is 2. The Kier molecular flexibility index (Phi) is 4.25. The molecule has 0 aliphatic carbocycles. The van der Waals surface area contributed by atoms with Crippen LogP contribution in [-0.2, 0) is 0 Å². The molecule has 136 valence electrons. The molecule has 0 unspecified atom stereocenters. The minimum Gasteiger partial charge on any atom is -0.494 e. The van der Waals surface area contributed by atoms with Crippen molar-refractivity contribution < 1.29 is 9.13 Å². The van der Waals surface area contributed by atoms with E-state index >= 15 is 0 Å². The molecule has 0 spiro atoms. The molecule has 5 N–H and O–H groups in total. The topological polar surface area (TPSA) is 98.5 Å². The Morgan fingerprint density at radius 3 is 2.81 bits per heavy atom. The van der Waals surface area contributed by atoms with Crippen molar-refractivity contribution in [3.05, 3.63) is 59.2 Å². The van der Waals surface area contributed by atoms with E-state index in [1.54, 1.807) is 23.5 Å². The first kappa shape index (κ1) is 17.0. The zero-order valence-electron chi connectivity index (χ0n) is 14.4. The van der Waals surface area contributed by atoms with Crippen LogP contribution in [0.5, 0.6) is 5.75 Å². The van der Waals surface area contributed by atoms with Gasteiger partial charge in [0.2, 0.25) is 0 Å². The maximum atomic E-state index is 13.7. The lowest BCUT2D eigenvalue weighted by Gasteiger charge is -2.11. The number of hydrogen-bond acceptors (Lipinski definition) is 6. The van der Waals surface area contributed by atoms with E-state index in [1.807, 2.05) is 29.6 Å². The van der Waals surface area contributed by atoms with Crippen molar-refractivity contribution in [1.29, 1.82) is 0 Å². The van der Waals surface area contributed by atoms with Crippen LogP contribution in [0.4, 0.5) is 15.9 Å². The maximum absolute atomic E-state index is 13.7. The molecular weight excluding hydrogens is 365 g/mol. The largest absolute Gasteiger partial charge is 0.494 e. The number of rotatable bonds is 4. The molecule has 0 bridgehead atoms. The lowest BCUT2D eigenvalue weighted by Crippen LogP contribution is -2.15. The van der Waals surface area contributed by atoms with Gasteiger partial charge in [0.05, 0.1) is 12.6 Å². The van der Waals surface area contributed by atoms with Crippen LogP contribution in [0.3, 0.4) is 0 Å². The lowest BCUT2D eigenvalue weighted by atomic mass is 10.1. The standard InChI is InChI=1S/C19H16FN5OS/c1-26-16-9-11(3-5-14(16)20)23-19-13-6-7-27-17(13)12-4-2-10(18(21)25-22)8-15(12)24-19/h2-9H,22H2,1H3,(H2,21,25)(H,23,24). The number of anilines is 2. The summed E-state index contributed by atoms with van der Waals surface area (Å²) in [6.45, 7) is 0. The second-order valence-corrected chi connectivity index (χ2v) is 6.76. The second kappa shape index (κ2) is 6.73. The monoisotopic (exact) mass is 381 g/mol. The number of amidine groups is 1. The minimum atomic E-state index is -0.420. The van der Waals surface area contributed by atoms with Gasteiger partial charge in [0.1, 0.15) is 11.7 Å². The molecule has 2 aromatic heterocycles. The number of nitrogens with one attached hydrogen (secondary N) is 1. The summed E-state index contributed by atoms with van der Waals surface area (Å²) in [4.78, 5) is 4.74. The summed E-state index contributed by atoms with van der Waals surface area (Å²) in [6.07, 6.45) is 0. The number of benzene rings is 2. The first-order valence-electron chi connectivity index (χ1n) is 8.06. The lowest BCUT2D eigenvalue weighted by molar-refractivity contribution is 0.387. The van der Waals surface area contributed by atoms with E-state index < -0.39 is 5.82 Å². The SMILES string of the molecule is COc1cc(Nc2nc3cc(/C(N)=N/N)ccc3c3sccc23)ccc1F. The molecule has 0 aliphatic rings. The van der Waals surface area contributed by atoms with Gasteiger partial charge in [0.15, 0.2) is 11.6 Å². The molecule has 8 heteroatoms. The fourth-order valence-corrected chi connectivity index (χ4v) is 3.84. The van der Waals surface area contributed by atoms with E-state index in [4.69, 9.17) is 21.3 Å². The summed E-state index contributed by atoms with van der Waals surface area (Å²) in [7, 11) is 1.43. The molecule has 0 aliphatic heterocycles. The fraction of sp³-hybridized carbons (Fsp3) is 0.0526. The van der Waals surface area contributed by atoms with Gasteiger partial charge in [-0.3, -0.25) is 0 Å². The second-order valence-electron chi connectivity index (χ2n) is 5.84. The smallest absolute Gasteiger partial charge is 0.165 e. The Hall–Kier alpha value is -3.39. The molecule has 0 saturated carbocycles. The summed E-state index contributed by atoms with van der Waals surface area (Å²) in [5.74, 6) is 5.93. The number of thiophene rings is 1. The molecule has 6 nitrogen and oxygen atoms in total. The average molecular weight is 381 g/mol. The van der Waals surface area contributed by atoms with Crippen LogP contribution in [0.25, 0.3) is 21.0 Å². The third kappa shape index (κ3) is 3.00. The molecule has 2 aromatic carbocycles. The van der Waals surface area contributed by atoms with Crippen molar-refractivity contribution >= 4 is 49.7 Å². The van der Waals surface area contributed by atoms with E-state index in [0.29, 0.717) is 17.1 Å². The van der Waals surface area contributed by atoms with Gasteiger partial charge < -0.3 is 21.6 Å². The maximum Gasteiger partial charge on any atom is 0.165 e. The van der Waals surface area contributed by atoms with Crippen LogP contribution >= 0.6 is 11.3 Å². The van der Waals surface area contributed by atoms with Gasteiger partial charge in [-0.25, -0.2) is 9.37 Å². The number of nitrogens with zero attached hydrogens (tertiary/aromatic N) is 2. The molecule has 0 fully saturated rings. The normalized spacial score (nSPS) is 11.9. The van der Waals surface area contributed by atoms with E-state index in [2.05, 4.69) is 10.4 Å². The average Bonchev–Trinajstić information content (AvgIpc) is 3.19. The van der Waals surface area contributed by atoms with Gasteiger partial charge >= 0.3 is 0 Å². The van der Waals surface area contributed by atoms with Crippen molar-refractivity contribution in [2.75, 3.05) is 12.4 Å². The van der Waals surface area contributed by atoms with Gasteiger partial charge in [-0.15, -0.1) is 11.3 Å². The Labute approximate surface area is 158 Å². The van der Waals surface area contributed by atoms with Crippen LogP contribution in [0.2, 0.25) is 0 Å². The zero-order valence-corrected chi connectivity index (χ0v) is 15.2. The predicted molar refractivity (Wildman–Crippen MR) is 108 cm³/mol. The quantitative estimate of drug-likeness (QED) is 0.215. The predicted octanol–water partition coefficient (Wildman–Crippen LogP) is 3.92. The Morgan fingerprint density at radius 2 is 2.04 bits per heavy atom. The highest BCUT2D eigenvalue weighted by Gasteiger charge is 2.12.